The standard InChI is InChI=1S/C12H14N2O2/c13-9-4-1-3-8(7-9)10-5-2-6-11(15)14-12(10)16/h1,3-4,7,10H,2,5-6,13H2,(H,14,15,16). The molecule has 16 heavy (non-hydrogen) atoms. The summed E-state index contributed by atoms with van der Waals surface area (Å²) in [4.78, 5) is 22.9. The minimum Gasteiger partial charge on any atom is -0.399 e. The Bertz CT molecular complexity index is 429. The van der Waals surface area contributed by atoms with Crippen molar-refractivity contribution in [1.29, 1.82) is 0 Å². The van der Waals surface area contributed by atoms with E-state index >= 15 is 0 Å². The molecule has 1 aromatic carbocycles. The zero-order valence-corrected chi connectivity index (χ0v) is 8.90. The lowest BCUT2D eigenvalue weighted by Gasteiger charge is -2.13. The molecule has 84 valence electrons. The van der Waals surface area contributed by atoms with Crippen LogP contribution in [0.1, 0.15) is 30.7 Å². The molecule has 1 aliphatic rings. The van der Waals surface area contributed by atoms with Gasteiger partial charge in [-0.3, -0.25) is 14.9 Å². The highest BCUT2D eigenvalue weighted by atomic mass is 16.2. The number of carbonyl (C=O) groups is 2. The predicted molar refractivity (Wildman–Crippen MR) is 60.6 cm³/mol. The number of anilines is 1. The molecule has 1 aliphatic heterocycles. The van der Waals surface area contributed by atoms with Crippen LogP contribution < -0.4 is 11.1 Å². The van der Waals surface area contributed by atoms with Crippen molar-refractivity contribution >= 4 is 17.5 Å². The van der Waals surface area contributed by atoms with Gasteiger partial charge in [0, 0.05) is 12.1 Å². The third kappa shape index (κ3) is 2.21. The molecular formula is C12H14N2O2. The summed E-state index contributed by atoms with van der Waals surface area (Å²) in [6, 6.07) is 7.27. The molecule has 0 spiro atoms. The number of nitrogens with one attached hydrogen (secondary N) is 1. The number of imide groups is 1. The van der Waals surface area contributed by atoms with Crippen molar-refractivity contribution in [2.75, 3.05) is 5.73 Å². The molecule has 1 unspecified atom stereocenters. The first-order valence-electron chi connectivity index (χ1n) is 5.36. The second-order valence-corrected chi connectivity index (χ2v) is 4.03. The largest absolute Gasteiger partial charge is 0.399 e. The van der Waals surface area contributed by atoms with Crippen molar-refractivity contribution < 1.29 is 9.59 Å². The number of benzene rings is 1. The molecule has 0 bridgehead atoms. The van der Waals surface area contributed by atoms with Gasteiger partial charge in [-0.2, -0.15) is 0 Å². The zero-order valence-electron chi connectivity index (χ0n) is 8.90. The van der Waals surface area contributed by atoms with Gasteiger partial charge in [0.05, 0.1) is 5.92 Å². The van der Waals surface area contributed by atoms with E-state index in [2.05, 4.69) is 5.32 Å². The molecule has 0 saturated carbocycles. The Balaban J connectivity index is 2.25. The Morgan fingerprint density at radius 3 is 2.88 bits per heavy atom. The van der Waals surface area contributed by atoms with Crippen molar-refractivity contribution in [3.63, 3.8) is 0 Å². The smallest absolute Gasteiger partial charge is 0.234 e. The van der Waals surface area contributed by atoms with E-state index in [4.69, 9.17) is 5.73 Å². The molecule has 2 amide bonds. The van der Waals surface area contributed by atoms with E-state index in [1.165, 1.54) is 0 Å². The van der Waals surface area contributed by atoms with Crippen LogP contribution in [0.15, 0.2) is 24.3 Å². The van der Waals surface area contributed by atoms with E-state index in [0.29, 0.717) is 18.5 Å². The molecule has 3 N–H and O–H groups in total. The molecule has 1 fully saturated rings. The first-order chi connectivity index (χ1) is 7.66. The van der Waals surface area contributed by atoms with Gasteiger partial charge < -0.3 is 5.73 Å². The summed E-state index contributed by atoms with van der Waals surface area (Å²) in [6.45, 7) is 0. The highest BCUT2D eigenvalue weighted by Crippen LogP contribution is 2.25. The molecule has 4 nitrogen and oxygen atoms in total. The highest BCUT2D eigenvalue weighted by Gasteiger charge is 2.25. The number of hydrogen-bond donors (Lipinski definition) is 2. The Hall–Kier alpha value is -1.84. The maximum absolute atomic E-state index is 11.8. The van der Waals surface area contributed by atoms with Crippen LogP contribution in [0.2, 0.25) is 0 Å². The monoisotopic (exact) mass is 218 g/mol. The number of nitrogen functional groups attached to an aromatic ring is 1. The van der Waals surface area contributed by atoms with Crippen molar-refractivity contribution in [2.45, 2.75) is 25.2 Å². The lowest BCUT2D eigenvalue weighted by molar-refractivity contribution is -0.130. The van der Waals surface area contributed by atoms with Gasteiger partial charge in [0.25, 0.3) is 0 Å². The van der Waals surface area contributed by atoms with Gasteiger partial charge in [-0.1, -0.05) is 12.1 Å². The first-order valence-corrected chi connectivity index (χ1v) is 5.36. The molecule has 4 heteroatoms. The maximum atomic E-state index is 11.8. The SMILES string of the molecule is Nc1cccc(C2CCCC(=O)NC2=O)c1. The Morgan fingerprint density at radius 2 is 2.12 bits per heavy atom. The summed E-state index contributed by atoms with van der Waals surface area (Å²) >= 11 is 0. The molecule has 1 aromatic rings. The first kappa shape index (κ1) is 10.7. The normalized spacial score (nSPS) is 21.4. The van der Waals surface area contributed by atoms with Crippen LogP contribution in [0.25, 0.3) is 0 Å². The molecule has 0 aromatic heterocycles. The van der Waals surface area contributed by atoms with E-state index in [1.54, 1.807) is 12.1 Å². The van der Waals surface area contributed by atoms with Crippen LogP contribution in [0.3, 0.4) is 0 Å². The number of nitrogens with two attached hydrogens (primary N) is 1. The summed E-state index contributed by atoms with van der Waals surface area (Å²) in [7, 11) is 0. The van der Waals surface area contributed by atoms with Crippen LogP contribution >= 0.6 is 0 Å². The zero-order chi connectivity index (χ0) is 11.5. The third-order valence-corrected chi connectivity index (χ3v) is 2.79. The molecule has 0 radical (unpaired) electrons. The van der Waals surface area contributed by atoms with E-state index in [9.17, 15) is 9.59 Å². The Labute approximate surface area is 93.8 Å². The van der Waals surface area contributed by atoms with Crippen molar-refractivity contribution in [1.82, 2.24) is 5.32 Å². The quantitative estimate of drug-likeness (QED) is 0.549. The van der Waals surface area contributed by atoms with Gasteiger partial charge in [0.15, 0.2) is 0 Å². The molecule has 0 aliphatic carbocycles. The molecule has 1 saturated heterocycles. The number of rotatable bonds is 1. The molecule has 1 atom stereocenters. The van der Waals surface area contributed by atoms with E-state index in [-0.39, 0.29) is 17.7 Å². The lowest BCUT2D eigenvalue weighted by atomic mass is 9.93. The Morgan fingerprint density at radius 1 is 1.31 bits per heavy atom. The van der Waals surface area contributed by atoms with Gasteiger partial charge >= 0.3 is 0 Å². The fraction of sp³-hybridized carbons (Fsp3) is 0.333. The predicted octanol–water partition coefficient (Wildman–Crippen LogP) is 1.18. The average molecular weight is 218 g/mol. The number of hydrogen-bond acceptors (Lipinski definition) is 3. The minimum absolute atomic E-state index is 0.184. The van der Waals surface area contributed by atoms with E-state index < -0.39 is 0 Å². The van der Waals surface area contributed by atoms with Crippen molar-refractivity contribution in [3.8, 4) is 0 Å². The molecule has 2 rings (SSSR count). The second kappa shape index (κ2) is 4.35. The highest BCUT2D eigenvalue weighted by molar-refractivity contribution is 5.99. The fourth-order valence-corrected chi connectivity index (χ4v) is 1.98. The molecule has 1 heterocycles. The summed E-state index contributed by atoms with van der Waals surface area (Å²) in [5.41, 5.74) is 7.20. The summed E-state index contributed by atoms with van der Waals surface area (Å²) in [5, 5.41) is 2.39. The van der Waals surface area contributed by atoms with E-state index in [1.807, 2.05) is 12.1 Å². The third-order valence-electron chi connectivity index (χ3n) is 2.79. The van der Waals surface area contributed by atoms with Gasteiger partial charge in [0.2, 0.25) is 11.8 Å². The number of carbonyl (C=O) groups excluding carboxylic acids is 2. The van der Waals surface area contributed by atoms with Crippen LogP contribution in [0.5, 0.6) is 0 Å². The minimum atomic E-state index is -0.255. The van der Waals surface area contributed by atoms with Crippen LogP contribution in [0, 0.1) is 0 Å². The van der Waals surface area contributed by atoms with Gasteiger partial charge in [-0.25, -0.2) is 0 Å². The second-order valence-electron chi connectivity index (χ2n) is 4.03. The van der Waals surface area contributed by atoms with Crippen LogP contribution in [-0.4, -0.2) is 11.8 Å². The maximum Gasteiger partial charge on any atom is 0.234 e. The summed E-state index contributed by atoms with van der Waals surface area (Å²) < 4.78 is 0. The number of amides is 2. The van der Waals surface area contributed by atoms with Crippen LogP contribution in [0.4, 0.5) is 5.69 Å². The average Bonchev–Trinajstić information content (AvgIpc) is 2.39. The van der Waals surface area contributed by atoms with Gasteiger partial charge in [-0.05, 0) is 30.5 Å². The van der Waals surface area contributed by atoms with Crippen LogP contribution in [-0.2, 0) is 9.59 Å². The topological polar surface area (TPSA) is 72.2 Å². The Kier molecular flexibility index (Phi) is 2.90. The van der Waals surface area contributed by atoms with Crippen molar-refractivity contribution in [2.24, 2.45) is 0 Å². The summed E-state index contributed by atoms with van der Waals surface area (Å²) in [5.74, 6) is -0.653. The van der Waals surface area contributed by atoms with Gasteiger partial charge in [-0.15, -0.1) is 0 Å². The van der Waals surface area contributed by atoms with Crippen molar-refractivity contribution in [3.05, 3.63) is 29.8 Å². The lowest BCUT2D eigenvalue weighted by Crippen LogP contribution is -2.31. The summed E-state index contributed by atoms with van der Waals surface area (Å²) in [6.07, 6.45) is 1.85. The van der Waals surface area contributed by atoms with Gasteiger partial charge in [0.1, 0.15) is 0 Å². The fourth-order valence-electron chi connectivity index (χ4n) is 1.98. The molecular weight excluding hydrogens is 204 g/mol. The van der Waals surface area contributed by atoms with E-state index in [0.717, 1.165) is 12.0 Å².